The van der Waals surface area contributed by atoms with Crippen LogP contribution in [0.2, 0.25) is 0 Å². The fraction of sp³-hybridized carbons (Fsp3) is 0. The van der Waals surface area contributed by atoms with Gasteiger partial charge in [-0.25, -0.2) is 0 Å². The molecule has 0 saturated heterocycles. The second kappa shape index (κ2) is 1.75. The lowest BCUT2D eigenvalue weighted by Crippen LogP contribution is -2.03. The summed E-state index contributed by atoms with van der Waals surface area (Å²) in [6, 6.07) is 0. The first-order valence-electron chi connectivity index (χ1n) is 1.31. The highest BCUT2D eigenvalue weighted by Crippen LogP contribution is 2.28. The van der Waals surface area contributed by atoms with E-state index in [-0.39, 0.29) is 0 Å². The largest absolute Gasteiger partial charge is 0.362 e. The van der Waals surface area contributed by atoms with Crippen LogP contribution in [0.1, 0.15) is 0 Å². The highest BCUT2D eigenvalue weighted by molar-refractivity contribution is 7.81. The monoisotopic (exact) mass is 109 g/mol. The van der Waals surface area contributed by atoms with Crippen molar-refractivity contribution in [3.05, 3.63) is 0 Å². The van der Waals surface area contributed by atoms with Gasteiger partial charge in [-0.15, -0.1) is 0 Å². The van der Waals surface area contributed by atoms with Gasteiger partial charge in [0, 0.05) is 0 Å². The zero-order chi connectivity index (χ0) is 5.21. The second-order valence-corrected chi connectivity index (χ2v) is 2.54. The van der Waals surface area contributed by atoms with Crippen molar-refractivity contribution in [2.75, 3.05) is 0 Å². The van der Waals surface area contributed by atoms with Crippen LogP contribution < -0.4 is 5.64 Å². The van der Waals surface area contributed by atoms with Crippen molar-refractivity contribution in [2.45, 2.75) is 0 Å². The fourth-order valence-electron chi connectivity index (χ4n) is 0. The van der Waals surface area contributed by atoms with Gasteiger partial charge in [0.15, 0.2) is 0 Å². The molecular formula is H5BNO3P. The summed E-state index contributed by atoms with van der Waals surface area (Å²) in [4.78, 5) is 15.6. The third kappa shape index (κ3) is 4.17. The van der Waals surface area contributed by atoms with E-state index in [2.05, 4.69) is 5.64 Å². The molecule has 0 unspecified atom stereocenters. The van der Waals surface area contributed by atoms with Crippen molar-refractivity contribution >= 4 is 14.6 Å². The Hall–Kier alpha value is 0.175. The second-order valence-electron chi connectivity index (χ2n) is 0.847. The van der Waals surface area contributed by atoms with Crippen molar-refractivity contribution in [3.8, 4) is 0 Å². The van der Waals surface area contributed by atoms with Crippen LogP contribution in [-0.2, 0) is 4.57 Å². The van der Waals surface area contributed by atoms with Crippen LogP contribution in [0.25, 0.3) is 0 Å². The minimum Gasteiger partial charge on any atom is -0.362 e. The lowest BCUT2D eigenvalue weighted by Gasteiger charge is -1.91. The highest BCUT2D eigenvalue weighted by atomic mass is 31.2. The first-order chi connectivity index (χ1) is 2.56. The van der Waals surface area contributed by atoms with Gasteiger partial charge in [-0.3, -0.25) is 4.57 Å². The average Bonchev–Trinajstić information content (AvgIpc) is 1.35. The minimum atomic E-state index is -3.87. The molecule has 0 saturated carbocycles. The molecule has 0 aliphatic rings. The molecule has 6 heteroatoms. The van der Waals surface area contributed by atoms with Crippen molar-refractivity contribution in [1.29, 1.82) is 0 Å². The summed E-state index contributed by atoms with van der Waals surface area (Å²) in [6.07, 6.45) is 0. The van der Waals surface area contributed by atoms with Gasteiger partial charge in [0.2, 0.25) is 0 Å². The van der Waals surface area contributed by atoms with Crippen LogP contribution >= 0.6 is 7.47 Å². The van der Waals surface area contributed by atoms with Crippen LogP contribution in [-0.4, -0.2) is 16.9 Å². The maximum atomic E-state index is 9.57. The summed E-state index contributed by atoms with van der Waals surface area (Å²) in [7, 11) is -4.43. The van der Waals surface area contributed by atoms with Gasteiger partial charge < -0.3 is 15.4 Å². The van der Waals surface area contributed by atoms with Crippen molar-refractivity contribution in [3.63, 3.8) is 0 Å². The lowest BCUT2D eigenvalue weighted by atomic mass is 10.5. The van der Waals surface area contributed by atoms with Crippen LogP contribution in [0.4, 0.5) is 0 Å². The Labute approximate surface area is 35.7 Å². The molecule has 0 aromatic carbocycles. The summed E-state index contributed by atoms with van der Waals surface area (Å²) in [6.45, 7) is 0. The Morgan fingerprint density at radius 3 is 1.83 bits per heavy atom. The predicted octanol–water partition coefficient (Wildman–Crippen LogP) is -1.61. The summed E-state index contributed by atoms with van der Waals surface area (Å²) in [5, 5.41) is 0. The SMILES string of the molecule is NBP(=O)(O)O. The number of rotatable bonds is 1. The van der Waals surface area contributed by atoms with E-state index in [0.717, 1.165) is 0 Å². The molecule has 0 amide bonds. The van der Waals surface area contributed by atoms with E-state index in [9.17, 15) is 4.57 Å². The zero-order valence-corrected chi connectivity index (χ0v) is 3.93. The topological polar surface area (TPSA) is 83.6 Å². The third-order valence-electron chi connectivity index (χ3n) is 0.238. The number of hydrogen-bond donors (Lipinski definition) is 3. The predicted molar refractivity (Wildman–Crippen MR) is 23.4 cm³/mol. The lowest BCUT2D eigenvalue weighted by molar-refractivity contribution is 0.393. The molecular weight excluding hydrogens is 104 g/mol. The van der Waals surface area contributed by atoms with Crippen molar-refractivity contribution in [2.24, 2.45) is 5.64 Å². The maximum absolute atomic E-state index is 9.57. The molecule has 0 spiro atoms. The first kappa shape index (κ1) is 6.17. The van der Waals surface area contributed by atoms with Crippen LogP contribution in [0.15, 0.2) is 0 Å². The molecule has 6 heavy (non-hydrogen) atoms. The van der Waals surface area contributed by atoms with Gasteiger partial charge >= 0.3 is 7.13 Å². The Balaban J connectivity index is 3.48. The van der Waals surface area contributed by atoms with Crippen molar-refractivity contribution in [1.82, 2.24) is 0 Å². The molecule has 36 valence electrons. The molecule has 0 rings (SSSR count). The third-order valence-corrected chi connectivity index (χ3v) is 0.714. The van der Waals surface area contributed by atoms with Crippen molar-refractivity contribution < 1.29 is 14.4 Å². The zero-order valence-electron chi connectivity index (χ0n) is 3.03. The van der Waals surface area contributed by atoms with E-state index < -0.39 is 14.6 Å². The summed E-state index contributed by atoms with van der Waals surface area (Å²) < 4.78 is 9.57. The van der Waals surface area contributed by atoms with Gasteiger partial charge in [0.1, 0.15) is 0 Å². The summed E-state index contributed by atoms with van der Waals surface area (Å²) >= 11 is 0. The molecule has 0 aliphatic heterocycles. The Kier molecular flexibility index (Phi) is 1.80. The standard InChI is InChI=1S/BH5NO3P/c2-1-6(3,4)5/h1H,2H2,(H2,3,4,5). The molecule has 0 aliphatic carbocycles. The molecule has 4 N–H and O–H groups in total. The smallest absolute Gasteiger partial charge is 0.344 e. The normalized spacial score (nSPS) is 11.2. The van der Waals surface area contributed by atoms with E-state index in [1.54, 1.807) is 0 Å². The fourth-order valence-corrected chi connectivity index (χ4v) is 0. The molecule has 0 fully saturated rings. The van der Waals surface area contributed by atoms with Crippen LogP contribution in [0.5, 0.6) is 0 Å². The van der Waals surface area contributed by atoms with E-state index in [1.807, 2.05) is 0 Å². The van der Waals surface area contributed by atoms with Crippen LogP contribution in [0.3, 0.4) is 0 Å². The molecule has 0 heterocycles. The molecule has 0 radical (unpaired) electrons. The van der Waals surface area contributed by atoms with E-state index in [1.165, 1.54) is 0 Å². The molecule has 0 aromatic rings. The number of hydrogen-bond acceptors (Lipinski definition) is 2. The number of nitrogens with two attached hydrogens (primary N) is 1. The highest BCUT2D eigenvalue weighted by Gasteiger charge is 2.08. The molecule has 4 nitrogen and oxygen atoms in total. The van der Waals surface area contributed by atoms with Gasteiger partial charge in [-0.2, -0.15) is 0 Å². The quantitative estimate of drug-likeness (QED) is 0.279. The summed E-state index contributed by atoms with van der Waals surface area (Å²) in [5.74, 6) is 0. The molecule has 0 aromatic heterocycles. The van der Waals surface area contributed by atoms with E-state index in [0.29, 0.717) is 0 Å². The Morgan fingerprint density at radius 1 is 1.67 bits per heavy atom. The maximum Gasteiger partial charge on any atom is 0.344 e. The van der Waals surface area contributed by atoms with Gasteiger partial charge in [0.25, 0.3) is 7.47 Å². The van der Waals surface area contributed by atoms with E-state index in [4.69, 9.17) is 9.79 Å². The first-order valence-corrected chi connectivity index (χ1v) is 3.10. The van der Waals surface area contributed by atoms with Gasteiger partial charge in [-0.1, -0.05) is 0 Å². The summed E-state index contributed by atoms with van der Waals surface area (Å²) in [5.41, 5.74) is 4.54. The minimum absolute atomic E-state index is 0.562. The van der Waals surface area contributed by atoms with Gasteiger partial charge in [0.05, 0.1) is 0 Å². The molecule has 0 atom stereocenters. The average molecular weight is 109 g/mol. The van der Waals surface area contributed by atoms with E-state index >= 15 is 0 Å². The Bertz CT molecular complexity index is 74.9. The van der Waals surface area contributed by atoms with Crippen LogP contribution in [0, 0.1) is 0 Å². The van der Waals surface area contributed by atoms with Gasteiger partial charge in [-0.05, 0) is 0 Å². The molecule has 0 bridgehead atoms. The Morgan fingerprint density at radius 2 is 1.83 bits per heavy atom.